The average Bonchev–Trinajstić information content (AvgIpc) is 2.17. The lowest BCUT2D eigenvalue weighted by atomic mass is 10.3. The molecule has 1 atom stereocenters. The lowest BCUT2D eigenvalue weighted by Crippen LogP contribution is -2.30. The number of rotatable bonds is 6. The van der Waals surface area contributed by atoms with Gasteiger partial charge in [-0.2, -0.15) is 11.8 Å². The second-order valence-electron chi connectivity index (χ2n) is 2.95. The molecule has 1 amide bonds. The quantitative estimate of drug-likeness (QED) is 0.261. The lowest BCUT2D eigenvalue weighted by Gasteiger charge is -2.08. The number of hydrogen-bond donors (Lipinski definition) is 3. The van der Waals surface area contributed by atoms with Gasteiger partial charge in [-0.15, -0.1) is 0 Å². The van der Waals surface area contributed by atoms with E-state index in [1.165, 1.54) is 0 Å². The van der Waals surface area contributed by atoms with Gasteiger partial charge in [0.15, 0.2) is 0 Å². The molecule has 14 heavy (non-hydrogen) atoms. The van der Waals surface area contributed by atoms with E-state index in [2.05, 4.69) is 17.4 Å². The number of amidine groups is 1. The molecule has 0 aromatic carbocycles. The first kappa shape index (κ1) is 13.1. The third-order valence-electron chi connectivity index (χ3n) is 1.75. The summed E-state index contributed by atoms with van der Waals surface area (Å²) in [4.78, 5) is 11.1. The van der Waals surface area contributed by atoms with Crippen molar-refractivity contribution in [3.05, 3.63) is 0 Å². The van der Waals surface area contributed by atoms with Gasteiger partial charge in [0.2, 0.25) is 5.91 Å². The Kier molecular flexibility index (Phi) is 7.00. The molecule has 0 aromatic rings. The molecule has 4 N–H and O–H groups in total. The molecule has 0 spiro atoms. The van der Waals surface area contributed by atoms with Crippen molar-refractivity contribution in [1.82, 2.24) is 5.32 Å². The van der Waals surface area contributed by atoms with Crippen molar-refractivity contribution in [3.8, 4) is 0 Å². The van der Waals surface area contributed by atoms with Crippen LogP contribution in [0.2, 0.25) is 0 Å². The van der Waals surface area contributed by atoms with Crippen LogP contribution in [-0.4, -0.2) is 35.0 Å². The number of hydrogen-bond acceptors (Lipinski definition) is 4. The molecular weight excluding hydrogens is 202 g/mol. The molecule has 0 bridgehead atoms. The molecule has 1 unspecified atom stereocenters. The molecule has 0 aliphatic carbocycles. The summed E-state index contributed by atoms with van der Waals surface area (Å²) in [6, 6.07) is 0. The average molecular weight is 219 g/mol. The first-order valence-corrected chi connectivity index (χ1v) is 5.64. The van der Waals surface area contributed by atoms with Crippen LogP contribution in [0.15, 0.2) is 5.16 Å². The summed E-state index contributed by atoms with van der Waals surface area (Å²) in [7, 11) is 0. The molecule has 0 radical (unpaired) electrons. The Bertz CT molecular complexity index is 209. The minimum absolute atomic E-state index is 0.0514. The number of nitrogens with zero attached hydrogens (tertiary/aromatic N) is 1. The van der Waals surface area contributed by atoms with Crippen LogP contribution in [-0.2, 0) is 4.79 Å². The van der Waals surface area contributed by atoms with Crippen LogP contribution in [0.4, 0.5) is 0 Å². The van der Waals surface area contributed by atoms with Gasteiger partial charge in [0.1, 0.15) is 5.84 Å². The molecule has 0 heterocycles. The predicted octanol–water partition coefficient (Wildman–Crippen LogP) is 0.381. The monoisotopic (exact) mass is 219 g/mol. The number of amides is 1. The molecule has 0 saturated heterocycles. The number of carbonyl (C=O) groups is 1. The maximum Gasteiger partial charge on any atom is 0.227 e. The Balaban J connectivity index is 3.55. The van der Waals surface area contributed by atoms with E-state index in [-0.39, 0.29) is 18.2 Å². The largest absolute Gasteiger partial charge is 0.409 e. The summed E-state index contributed by atoms with van der Waals surface area (Å²) < 4.78 is 0. The van der Waals surface area contributed by atoms with Gasteiger partial charge in [-0.1, -0.05) is 12.1 Å². The first-order chi connectivity index (χ1) is 6.60. The van der Waals surface area contributed by atoms with Gasteiger partial charge >= 0.3 is 0 Å². The van der Waals surface area contributed by atoms with Crippen LogP contribution < -0.4 is 11.1 Å². The van der Waals surface area contributed by atoms with Gasteiger partial charge in [0.25, 0.3) is 0 Å². The highest BCUT2D eigenvalue weighted by atomic mass is 32.2. The molecule has 5 nitrogen and oxygen atoms in total. The molecule has 0 aromatic heterocycles. The Hall–Kier alpha value is -0.910. The molecule has 6 heteroatoms. The van der Waals surface area contributed by atoms with E-state index in [4.69, 9.17) is 10.9 Å². The summed E-state index contributed by atoms with van der Waals surface area (Å²) >= 11 is 1.76. The van der Waals surface area contributed by atoms with Crippen molar-refractivity contribution in [1.29, 1.82) is 0 Å². The molecular formula is C8H17N3O2S. The lowest BCUT2D eigenvalue weighted by molar-refractivity contribution is -0.119. The molecule has 0 aliphatic heterocycles. The highest BCUT2D eigenvalue weighted by molar-refractivity contribution is 7.99. The fourth-order valence-corrected chi connectivity index (χ4v) is 1.15. The van der Waals surface area contributed by atoms with Crippen molar-refractivity contribution in [2.24, 2.45) is 10.9 Å². The van der Waals surface area contributed by atoms with Gasteiger partial charge in [-0.05, 0) is 12.7 Å². The van der Waals surface area contributed by atoms with Gasteiger partial charge in [-0.25, -0.2) is 0 Å². The SMILES string of the molecule is CSC(C)CCNC(=O)CC(N)=NO. The Morgan fingerprint density at radius 2 is 2.36 bits per heavy atom. The van der Waals surface area contributed by atoms with E-state index in [1.54, 1.807) is 11.8 Å². The smallest absolute Gasteiger partial charge is 0.227 e. The predicted molar refractivity (Wildman–Crippen MR) is 58.6 cm³/mol. The first-order valence-electron chi connectivity index (χ1n) is 4.36. The Labute approximate surface area is 88.1 Å². The third-order valence-corrected chi connectivity index (χ3v) is 2.79. The highest BCUT2D eigenvalue weighted by Crippen LogP contribution is 2.07. The van der Waals surface area contributed by atoms with Crippen LogP contribution in [0.25, 0.3) is 0 Å². The normalized spacial score (nSPS) is 13.7. The van der Waals surface area contributed by atoms with Gasteiger partial charge in [0, 0.05) is 11.8 Å². The van der Waals surface area contributed by atoms with Gasteiger partial charge < -0.3 is 16.3 Å². The Morgan fingerprint density at radius 1 is 1.71 bits per heavy atom. The minimum atomic E-state index is -0.214. The van der Waals surface area contributed by atoms with Crippen molar-refractivity contribution >= 4 is 23.5 Å². The second-order valence-corrected chi connectivity index (χ2v) is 4.23. The molecule has 0 saturated carbocycles. The zero-order chi connectivity index (χ0) is 11.0. The van der Waals surface area contributed by atoms with Crippen molar-refractivity contribution < 1.29 is 10.0 Å². The summed E-state index contributed by atoms with van der Waals surface area (Å²) in [6.07, 6.45) is 2.90. The molecule has 0 aliphatic rings. The zero-order valence-corrected chi connectivity index (χ0v) is 9.30. The van der Waals surface area contributed by atoms with E-state index in [0.717, 1.165) is 6.42 Å². The summed E-state index contributed by atoms with van der Waals surface area (Å²) in [6.45, 7) is 2.72. The van der Waals surface area contributed by atoms with E-state index < -0.39 is 0 Å². The number of oxime groups is 1. The van der Waals surface area contributed by atoms with E-state index in [9.17, 15) is 4.79 Å². The van der Waals surface area contributed by atoms with Crippen molar-refractivity contribution in [2.45, 2.75) is 25.0 Å². The van der Waals surface area contributed by atoms with Crippen molar-refractivity contribution in [2.75, 3.05) is 12.8 Å². The van der Waals surface area contributed by atoms with Gasteiger partial charge in [-0.3, -0.25) is 4.79 Å². The molecule has 0 fully saturated rings. The van der Waals surface area contributed by atoms with Crippen molar-refractivity contribution in [3.63, 3.8) is 0 Å². The molecule has 82 valence electrons. The second kappa shape index (κ2) is 7.49. The Morgan fingerprint density at radius 3 is 2.86 bits per heavy atom. The van der Waals surface area contributed by atoms with Crippen LogP contribution in [0.1, 0.15) is 19.8 Å². The number of carbonyl (C=O) groups excluding carboxylic acids is 1. The zero-order valence-electron chi connectivity index (χ0n) is 8.49. The van der Waals surface area contributed by atoms with E-state index in [1.807, 2.05) is 6.26 Å². The standard InChI is InChI=1S/C8H17N3O2S/c1-6(14-2)3-4-10-8(12)5-7(9)11-13/h6,13H,3-5H2,1-2H3,(H2,9,11)(H,10,12). The highest BCUT2D eigenvalue weighted by Gasteiger charge is 2.05. The van der Waals surface area contributed by atoms with Crippen LogP contribution in [0, 0.1) is 0 Å². The summed E-state index contributed by atoms with van der Waals surface area (Å²) in [5.74, 6) is -0.283. The third kappa shape index (κ3) is 6.59. The maximum atomic E-state index is 11.1. The number of nitrogens with one attached hydrogen (secondary N) is 1. The maximum absolute atomic E-state index is 11.1. The minimum Gasteiger partial charge on any atom is -0.409 e. The fourth-order valence-electron chi connectivity index (χ4n) is 0.795. The number of nitrogens with two attached hydrogens (primary N) is 1. The van der Waals surface area contributed by atoms with E-state index >= 15 is 0 Å². The number of thioether (sulfide) groups is 1. The van der Waals surface area contributed by atoms with Crippen LogP contribution in [0.3, 0.4) is 0 Å². The van der Waals surface area contributed by atoms with Crippen LogP contribution >= 0.6 is 11.8 Å². The van der Waals surface area contributed by atoms with Crippen LogP contribution in [0.5, 0.6) is 0 Å². The molecule has 0 rings (SSSR count). The summed E-state index contributed by atoms with van der Waals surface area (Å²) in [5, 5.41) is 14.1. The van der Waals surface area contributed by atoms with Gasteiger partial charge in [0.05, 0.1) is 6.42 Å². The summed E-state index contributed by atoms with van der Waals surface area (Å²) in [5.41, 5.74) is 5.17. The fraction of sp³-hybridized carbons (Fsp3) is 0.750. The topological polar surface area (TPSA) is 87.7 Å². The van der Waals surface area contributed by atoms with E-state index in [0.29, 0.717) is 11.8 Å².